The molecule has 0 aliphatic carbocycles. The summed E-state index contributed by atoms with van der Waals surface area (Å²) in [7, 11) is 3.99. The number of hydrogen-bond donors (Lipinski definition) is 1. The number of imide groups is 1. The predicted molar refractivity (Wildman–Crippen MR) is 120 cm³/mol. The van der Waals surface area contributed by atoms with E-state index in [1.807, 2.05) is 11.9 Å². The Labute approximate surface area is 187 Å². The number of furan rings is 1. The quantitative estimate of drug-likeness (QED) is 0.701. The summed E-state index contributed by atoms with van der Waals surface area (Å²) in [4.78, 5) is 43.8. The summed E-state index contributed by atoms with van der Waals surface area (Å²) in [5.74, 6) is -0.270. The number of carbonyl (C=O) groups is 3. The lowest BCUT2D eigenvalue weighted by molar-refractivity contribution is -0.138. The molecule has 4 rings (SSSR count). The molecule has 2 aromatic rings. The van der Waals surface area contributed by atoms with E-state index < -0.39 is 0 Å². The van der Waals surface area contributed by atoms with Crippen molar-refractivity contribution in [1.82, 2.24) is 14.7 Å². The highest BCUT2D eigenvalue weighted by Crippen LogP contribution is 2.34. The van der Waals surface area contributed by atoms with Gasteiger partial charge in [-0.1, -0.05) is 12.1 Å². The Morgan fingerprint density at radius 3 is 2.41 bits per heavy atom. The van der Waals surface area contributed by atoms with Gasteiger partial charge in [0.2, 0.25) is 5.91 Å². The molecule has 8 nitrogen and oxygen atoms in total. The van der Waals surface area contributed by atoms with Crippen LogP contribution < -0.4 is 5.32 Å². The Balaban J connectivity index is 1.70. The van der Waals surface area contributed by atoms with Gasteiger partial charge in [-0.3, -0.25) is 19.3 Å². The van der Waals surface area contributed by atoms with Gasteiger partial charge in [-0.2, -0.15) is 0 Å². The molecule has 1 N–H and O–H groups in total. The molecule has 1 fully saturated rings. The third-order valence-electron chi connectivity index (χ3n) is 6.12. The first kappa shape index (κ1) is 21.8. The second-order valence-corrected chi connectivity index (χ2v) is 8.40. The van der Waals surface area contributed by atoms with E-state index in [1.54, 1.807) is 36.4 Å². The SMILES string of the molecule is CC(=O)Nc1ccc(C2=C(N(C)C3CCN(C)CC3)C(=O)N(Cc3ccco3)C2=O)cc1. The minimum absolute atomic E-state index is 0.0862. The number of nitrogens with zero attached hydrogens (tertiary/aromatic N) is 3. The molecule has 0 bridgehead atoms. The number of nitrogens with one attached hydrogen (secondary N) is 1. The summed E-state index contributed by atoms with van der Waals surface area (Å²) in [5, 5.41) is 2.73. The van der Waals surface area contributed by atoms with E-state index in [0.717, 1.165) is 25.9 Å². The van der Waals surface area contributed by atoms with E-state index in [0.29, 0.717) is 28.3 Å². The third kappa shape index (κ3) is 4.31. The highest BCUT2D eigenvalue weighted by Gasteiger charge is 2.42. The van der Waals surface area contributed by atoms with E-state index in [-0.39, 0.29) is 30.3 Å². The van der Waals surface area contributed by atoms with E-state index in [9.17, 15) is 14.4 Å². The fourth-order valence-electron chi connectivity index (χ4n) is 4.34. The molecule has 3 amide bonds. The fraction of sp³-hybridized carbons (Fsp3) is 0.375. The standard InChI is InChI=1S/C24H28N4O4/c1-16(29)25-18-8-6-17(7-9-18)21-22(27(3)19-10-12-26(2)13-11-19)24(31)28(23(21)30)15-20-5-4-14-32-20/h4-9,14,19H,10-13,15H2,1-3H3,(H,25,29). The van der Waals surface area contributed by atoms with Crippen LogP contribution in [0.25, 0.3) is 5.57 Å². The van der Waals surface area contributed by atoms with Gasteiger partial charge in [0.25, 0.3) is 11.8 Å². The lowest BCUT2D eigenvalue weighted by atomic mass is 10.00. The van der Waals surface area contributed by atoms with Crippen LogP contribution in [0, 0.1) is 0 Å². The van der Waals surface area contributed by atoms with Crippen molar-refractivity contribution in [1.29, 1.82) is 0 Å². The van der Waals surface area contributed by atoms with Gasteiger partial charge in [-0.05, 0) is 62.8 Å². The molecule has 1 aromatic heterocycles. The molecule has 0 spiro atoms. The van der Waals surface area contributed by atoms with Crippen LogP contribution >= 0.6 is 0 Å². The number of rotatable bonds is 6. The van der Waals surface area contributed by atoms with E-state index in [1.165, 1.54) is 18.1 Å². The largest absolute Gasteiger partial charge is 0.467 e. The van der Waals surface area contributed by atoms with Gasteiger partial charge in [0, 0.05) is 25.7 Å². The van der Waals surface area contributed by atoms with Crippen LogP contribution in [0.4, 0.5) is 5.69 Å². The van der Waals surface area contributed by atoms with Crippen LogP contribution in [0.2, 0.25) is 0 Å². The molecule has 0 unspecified atom stereocenters. The smallest absolute Gasteiger partial charge is 0.278 e. The number of piperidine rings is 1. The van der Waals surface area contributed by atoms with Crippen molar-refractivity contribution in [3.05, 3.63) is 59.7 Å². The minimum atomic E-state index is -0.339. The van der Waals surface area contributed by atoms with Gasteiger partial charge in [0.15, 0.2) is 0 Å². The van der Waals surface area contributed by atoms with Crippen LogP contribution in [-0.4, -0.2) is 65.6 Å². The zero-order chi connectivity index (χ0) is 22.8. The molecule has 1 saturated heterocycles. The first-order valence-electron chi connectivity index (χ1n) is 10.8. The Morgan fingerprint density at radius 2 is 1.81 bits per heavy atom. The number of likely N-dealkylation sites (tertiary alicyclic amines) is 1. The van der Waals surface area contributed by atoms with Crippen molar-refractivity contribution in [2.75, 3.05) is 32.5 Å². The van der Waals surface area contributed by atoms with Crippen molar-refractivity contribution in [3.63, 3.8) is 0 Å². The number of likely N-dealkylation sites (N-methyl/N-ethyl adjacent to an activating group) is 1. The molecule has 0 saturated carbocycles. The summed E-state index contributed by atoms with van der Waals surface area (Å²) < 4.78 is 5.39. The summed E-state index contributed by atoms with van der Waals surface area (Å²) in [5.41, 5.74) is 2.09. The lowest BCUT2D eigenvalue weighted by Crippen LogP contribution is -2.43. The number of carbonyl (C=O) groups excluding carboxylic acids is 3. The minimum Gasteiger partial charge on any atom is -0.467 e. The Kier molecular flexibility index (Phi) is 6.14. The molecule has 32 heavy (non-hydrogen) atoms. The van der Waals surface area contributed by atoms with Gasteiger partial charge in [-0.25, -0.2) is 0 Å². The maximum atomic E-state index is 13.5. The second kappa shape index (κ2) is 9.00. The Hall–Kier alpha value is -3.39. The van der Waals surface area contributed by atoms with Gasteiger partial charge in [0.1, 0.15) is 11.5 Å². The molecule has 1 aromatic carbocycles. The number of amides is 3. The maximum absolute atomic E-state index is 13.5. The summed E-state index contributed by atoms with van der Waals surface area (Å²) in [6.45, 7) is 3.42. The van der Waals surface area contributed by atoms with Gasteiger partial charge in [-0.15, -0.1) is 0 Å². The summed E-state index contributed by atoms with van der Waals surface area (Å²) >= 11 is 0. The highest BCUT2D eigenvalue weighted by molar-refractivity contribution is 6.35. The first-order chi connectivity index (χ1) is 15.3. The number of hydrogen-bond acceptors (Lipinski definition) is 6. The molecule has 2 aliphatic heterocycles. The summed E-state index contributed by atoms with van der Waals surface area (Å²) in [6.07, 6.45) is 3.37. The van der Waals surface area contributed by atoms with Crippen molar-refractivity contribution in [3.8, 4) is 0 Å². The van der Waals surface area contributed by atoms with Crippen LogP contribution in [0.1, 0.15) is 31.1 Å². The van der Waals surface area contributed by atoms with Gasteiger partial charge in [0.05, 0.1) is 18.4 Å². The van der Waals surface area contributed by atoms with E-state index in [4.69, 9.17) is 4.42 Å². The fourth-order valence-corrected chi connectivity index (χ4v) is 4.34. The normalized spacial score (nSPS) is 17.9. The molecular formula is C24H28N4O4. The molecule has 8 heteroatoms. The first-order valence-corrected chi connectivity index (χ1v) is 10.8. The highest BCUT2D eigenvalue weighted by atomic mass is 16.3. The van der Waals surface area contributed by atoms with Gasteiger partial charge >= 0.3 is 0 Å². The zero-order valence-electron chi connectivity index (χ0n) is 18.6. The van der Waals surface area contributed by atoms with Crippen LogP contribution in [0.5, 0.6) is 0 Å². The molecule has 0 radical (unpaired) electrons. The molecule has 168 valence electrons. The zero-order valence-corrected chi connectivity index (χ0v) is 18.6. The molecular weight excluding hydrogens is 408 g/mol. The number of benzene rings is 1. The van der Waals surface area contributed by atoms with Crippen molar-refractivity contribution in [2.45, 2.75) is 32.4 Å². The van der Waals surface area contributed by atoms with Gasteiger partial charge < -0.3 is 19.5 Å². The van der Waals surface area contributed by atoms with Crippen molar-refractivity contribution < 1.29 is 18.8 Å². The van der Waals surface area contributed by atoms with Crippen molar-refractivity contribution in [2.24, 2.45) is 0 Å². The predicted octanol–water partition coefficient (Wildman–Crippen LogP) is 2.54. The molecule has 2 aliphatic rings. The van der Waals surface area contributed by atoms with E-state index in [2.05, 4.69) is 17.3 Å². The van der Waals surface area contributed by atoms with E-state index >= 15 is 0 Å². The average molecular weight is 437 g/mol. The summed E-state index contributed by atoms with van der Waals surface area (Å²) in [6, 6.07) is 10.7. The molecule has 0 atom stereocenters. The Morgan fingerprint density at radius 1 is 1.12 bits per heavy atom. The Bertz CT molecular complexity index is 1030. The van der Waals surface area contributed by atoms with Crippen molar-refractivity contribution >= 4 is 29.0 Å². The number of anilines is 1. The monoisotopic (exact) mass is 436 g/mol. The maximum Gasteiger partial charge on any atom is 0.278 e. The lowest BCUT2D eigenvalue weighted by Gasteiger charge is -2.36. The van der Waals surface area contributed by atoms with Crippen LogP contribution in [-0.2, 0) is 20.9 Å². The average Bonchev–Trinajstić information content (AvgIpc) is 3.36. The third-order valence-corrected chi connectivity index (χ3v) is 6.12. The van der Waals surface area contributed by atoms with Crippen LogP contribution in [0.3, 0.4) is 0 Å². The topological polar surface area (TPSA) is 86.1 Å². The van der Waals surface area contributed by atoms with Crippen LogP contribution in [0.15, 0.2) is 52.8 Å². The second-order valence-electron chi connectivity index (χ2n) is 8.40. The molecule has 3 heterocycles.